The van der Waals surface area contributed by atoms with E-state index in [2.05, 4.69) is 47.2 Å². The van der Waals surface area contributed by atoms with Crippen molar-refractivity contribution in [3.8, 4) is 0 Å². The largest absolute Gasteiger partial charge is 0.131 e. The lowest BCUT2D eigenvalue weighted by molar-refractivity contribution is 0.467. The fraction of sp³-hybridized carbons (Fsp3) is 1.00. The van der Waals surface area contributed by atoms with E-state index in [1.165, 1.54) is 0 Å². The van der Waals surface area contributed by atoms with Crippen LogP contribution in [0.1, 0.15) is 13.8 Å². The van der Waals surface area contributed by atoms with E-state index >= 15 is 0 Å². The third-order valence-electron chi connectivity index (χ3n) is 2.20. The molecule has 9 heavy (non-hydrogen) atoms. The van der Waals surface area contributed by atoms with E-state index in [4.69, 9.17) is 0 Å². The molecule has 2 aliphatic heterocycles. The van der Waals surface area contributed by atoms with Gasteiger partial charge in [-0.25, -0.2) is 0 Å². The molecule has 0 aromatic carbocycles. The van der Waals surface area contributed by atoms with Gasteiger partial charge >= 0.3 is 0 Å². The molecule has 0 aliphatic carbocycles. The fourth-order valence-corrected chi connectivity index (χ4v) is 8.16. The summed E-state index contributed by atoms with van der Waals surface area (Å²) in [5.41, 5.74) is 0. The molecule has 4 atom stereocenters. The van der Waals surface area contributed by atoms with Crippen molar-refractivity contribution in [3.05, 3.63) is 0 Å². The smallest absolute Gasteiger partial charge is 0.0646 e. The Morgan fingerprint density at radius 2 is 1.33 bits per heavy atom. The fourth-order valence-electron chi connectivity index (χ4n) is 1.21. The summed E-state index contributed by atoms with van der Waals surface area (Å²) in [6.45, 7) is 4.77. The van der Waals surface area contributed by atoms with Gasteiger partial charge in [-0.3, -0.25) is 0 Å². The summed E-state index contributed by atoms with van der Waals surface area (Å²) in [6.07, 6.45) is 0. The Bertz CT molecular complexity index is 107. The summed E-state index contributed by atoms with van der Waals surface area (Å²) in [4.78, 5) is 0. The maximum atomic E-state index is 2.38. The molecule has 0 radical (unpaired) electrons. The number of fused-ring (bicyclic) bond motifs is 2. The third kappa shape index (κ3) is 0.925. The lowest BCUT2D eigenvalue weighted by Gasteiger charge is -2.20. The molecule has 0 N–H and O–H groups in total. The molecule has 2 aliphatic rings. The van der Waals surface area contributed by atoms with Crippen LogP contribution < -0.4 is 0 Å². The molecular formula is C6H10S3. The first-order valence-electron chi connectivity index (χ1n) is 3.26. The van der Waals surface area contributed by atoms with E-state index < -0.39 is 0 Å². The second-order valence-corrected chi connectivity index (χ2v) is 7.22. The van der Waals surface area contributed by atoms with Gasteiger partial charge in [-0.2, -0.15) is 0 Å². The monoisotopic (exact) mass is 178 g/mol. The van der Waals surface area contributed by atoms with Crippen LogP contribution >= 0.6 is 33.3 Å². The Kier molecular flexibility index (Phi) is 1.71. The van der Waals surface area contributed by atoms with Gasteiger partial charge in [-0.15, -0.1) is 11.8 Å². The lowest BCUT2D eigenvalue weighted by atomic mass is 10.0. The van der Waals surface area contributed by atoms with Gasteiger partial charge < -0.3 is 0 Å². The summed E-state index contributed by atoms with van der Waals surface area (Å²) in [6, 6.07) is 0. The highest BCUT2D eigenvalue weighted by Gasteiger charge is 2.45. The zero-order valence-corrected chi connectivity index (χ0v) is 7.98. The number of rotatable bonds is 0. The molecule has 0 amide bonds. The van der Waals surface area contributed by atoms with Gasteiger partial charge in [0.1, 0.15) is 0 Å². The van der Waals surface area contributed by atoms with Crippen LogP contribution in [0, 0.1) is 11.8 Å². The van der Waals surface area contributed by atoms with Gasteiger partial charge in [0.15, 0.2) is 0 Å². The van der Waals surface area contributed by atoms with Crippen molar-refractivity contribution in [1.82, 2.24) is 0 Å². The van der Waals surface area contributed by atoms with Crippen LogP contribution in [0.25, 0.3) is 0 Å². The third-order valence-corrected chi connectivity index (χ3v) is 8.50. The van der Waals surface area contributed by atoms with Crippen molar-refractivity contribution in [3.63, 3.8) is 0 Å². The Hall–Kier alpha value is 1.05. The zero-order valence-electron chi connectivity index (χ0n) is 5.53. The maximum absolute atomic E-state index is 2.38. The van der Waals surface area contributed by atoms with E-state index in [-0.39, 0.29) is 0 Å². The second-order valence-electron chi connectivity index (χ2n) is 2.78. The molecule has 3 heteroatoms. The van der Waals surface area contributed by atoms with Crippen LogP contribution in [-0.2, 0) is 0 Å². The van der Waals surface area contributed by atoms with E-state index in [1.807, 2.05) is 0 Å². The molecule has 0 spiro atoms. The number of thioether (sulfide) groups is 1. The first-order valence-corrected chi connectivity index (χ1v) is 6.48. The molecule has 0 aromatic heterocycles. The molecule has 4 unspecified atom stereocenters. The normalized spacial score (nSPS) is 56.7. The van der Waals surface area contributed by atoms with Gasteiger partial charge in [0.25, 0.3) is 0 Å². The summed E-state index contributed by atoms with van der Waals surface area (Å²) < 4.78 is 1.82. The quantitative estimate of drug-likeness (QED) is 0.523. The van der Waals surface area contributed by atoms with Crippen molar-refractivity contribution in [2.75, 3.05) is 0 Å². The summed E-state index contributed by atoms with van der Waals surface area (Å²) in [7, 11) is 4.17. The van der Waals surface area contributed by atoms with Crippen molar-refractivity contribution in [1.29, 1.82) is 0 Å². The van der Waals surface area contributed by atoms with Crippen LogP contribution in [-0.4, -0.2) is 9.16 Å². The first kappa shape index (κ1) is 6.74. The van der Waals surface area contributed by atoms with Crippen LogP contribution in [0.5, 0.6) is 0 Å². The summed E-state index contributed by atoms with van der Waals surface area (Å²) in [5, 5.41) is 0. The zero-order chi connectivity index (χ0) is 6.43. The van der Waals surface area contributed by atoms with Crippen LogP contribution in [0.4, 0.5) is 0 Å². The molecule has 2 bridgehead atoms. The first-order chi connectivity index (χ1) is 4.29. The van der Waals surface area contributed by atoms with E-state index in [9.17, 15) is 0 Å². The minimum Gasteiger partial charge on any atom is -0.131 e. The van der Waals surface area contributed by atoms with Crippen molar-refractivity contribution >= 4 is 33.3 Å². The Morgan fingerprint density at radius 1 is 0.889 bits per heavy atom. The predicted octanol–water partition coefficient (Wildman–Crippen LogP) is 3.05. The average Bonchev–Trinajstić information content (AvgIpc) is 2.37. The van der Waals surface area contributed by atoms with Crippen LogP contribution in [0.3, 0.4) is 0 Å². The van der Waals surface area contributed by atoms with E-state index in [0.717, 1.165) is 21.0 Å². The Labute approximate surface area is 68.3 Å². The van der Waals surface area contributed by atoms with Gasteiger partial charge in [0, 0.05) is 0 Å². The molecular weight excluding hydrogens is 168 g/mol. The van der Waals surface area contributed by atoms with Crippen molar-refractivity contribution in [2.24, 2.45) is 11.8 Å². The molecule has 0 aromatic rings. The Balaban J connectivity index is 2.15. The molecule has 2 rings (SSSR count). The van der Waals surface area contributed by atoms with Gasteiger partial charge in [0.05, 0.1) is 9.16 Å². The van der Waals surface area contributed by atoms with Crippen molar-refractivity contribution in [2.45, 2.75) is 23.0 Å². The molecule has 2 saturated heterocycles. The van der Waals surface area contributed by atoms with Crippen LogP contribution in [0.15, 0.2) is 0 Å². The highest BCUT2D eigenvalue weighted by atomic mass is 33.1. The summed E-state index contributed by atoms with van der Waals surface area (Å²) >= 11 is 2.17. The number of hydrogen-bond donors (Lipinski definition) is 0. The van der Waals surface area contributed by atoms with E-state index in [1.54, 1.807) is 0 Å². The van der Waals surface area contributed by atoms with Gasteiger partial charge in [0.2, 0.25) is 0 Å². The molecule has 2 fully saturated rings. The maximum Gasteiger partial charge on any atom is 0.0646 e. The van der Waals surface area contributed by atoms with Gasteiger partial charge in [-0.1, -0.05) is 35.4 Å². The average molecular weight is 178 g/mol. The highest BCUT2D eigenvalue weighted by molar-refractivity contribution is 8.83. The van der Waals surface area contributed by atoms with Gasteiger partial charge in [-0.05, 0) is 11.8 Å². The minimum atomic E-state index is 0.912. The Morgan fingerprint density at radius 3 is 1.56 bits per heavy atom. The van der Waals surface area contributed by atoms with Crippen molar-refractivity contribution < 1.29 is 0 Å². The van der Waals surface area contributed by atoms with Crippen LogP contribution in [0.2, 0.25) is 0 Å². The lowest BCUT2D eigenvalue weighted by Crippen LogP contribution is -2.15. The predicted molar refractivity (Wildman–Crippen MR) is 48.7 cm³/mol. The molecule has 52 valence electrons. The highest BCUT2D eigenvalue weighted by Crippen LogP contribution is 2.64. The SMILES string of the molecule is CC1C2SSC(S2)C1C. The summed E-state index contributed by atoms with van der Waals surface area (Å²) in [5.74, 6) is 1.90. The second kappa shape index (κ2) is 2.28. The van der Waals surface area contributed by atoms with E-state index in [0.29, 0.717) is 0 Å². The standard InChI is InChI=1S/C6H10S3/c1-3-4(2)6-7-5(3)8-9-6/h3-6H,1-2H3. The molecule has 2 heterocycles. The molecule has 0 saturated carbocycles. The number of hydrogen-bond acceptors (Lipinski definition) is 3. The topological polar surface area (TPSA) is 0 Å². The molecule has 0 nitrogen and oxygen atoms in total. The minimum absolute atomic E-state index is 0.912.